The molecule has 1 atom stereocenters. The summed E-state index contributed by atoms with van der Waals surface area (Å²) in [5.41, 5.74) is 0. The van der Waals surface area contributed by atoms with Crippen LogP contribution in [0.5, 0.6) is 0 Å². The van der Waals surface area contributed by atoms with Crippen LogP contribution in [-0.4, -0.2) is 22.7 Å². The van der Waals surface area contributed by atoms with E-state index in [0.717, 1.165) is 11.5 Å². The van der Waals surface area contributed by atoms with Gasteiger partial charge in [0.2, 0.25) is 5.91 Å². The van der Waals surface area contributed by atoms with Crippen molar-refractivity contribution in [3.8, 4) is 0 Å². The van der Waals surface area contributed by atoms with E-state index in [1.54, 1.807) is 6.08 Å². The third kappa shape index (κ3) is 1.19. The highest BCUT2D eigenvalue weighted by atomic mass is 16.5. The van der Waals surface area contributed by atoms with Crippen LogP contribution in [-0.2, 0) is 4.79 Å². The molecule has 0 radical (unpaired) electrons. The summed E-state index contributed by atoms with van der Waals surface area (Å²) in [6.07, 6.45) is 3.14. The third-order valence-electron chi connectivity index (χ3n) is 1.74. The van der Waals surface area contributed by atoms with Crippen LogP contribution in [0.25, 0.3) is 0 Å². The predicted molar refractivity (Wildman–Crippen MR) is 36.4 cm³/mol. The molecule has 3 nitrogen and oxygen atoms in total. The molecule has 3 heteroatoms. The van der Waals surface area contributed by atoms with Crippen LogP contribution in [0, 0.1) is 5.92 Å². The van der Waals surface area contributed by atoms with Crippen LogP contribution in [0.4, 0.5) is 0 Å². The molecular formula is C7H11NO2. The van der Waals surface area contributed by atoms with E-state index in [1.807, 2.05) is 0 Å². The van der Waals surface area contributed by atoms with E-state index < -0.39 is 0 Å². The Morgan fingerprint density at radius 1 is 1.90 bits per heavy atom. The molecule has 1 rings (SSSR count). The molecule has 10 heavy (non-hydrogen) atoms. The number of allylic oxidation sites excluding steroid dienone is 1. The summed E-state index contributed by atoms with van der Waals surface area (Å²) in [5.74, 6) is -0.192. The topological polar surface area (TPSA) is 40.5 Å². The van der Waals surface area contributed by atoms with Gasteiger partial charge in [-0.1, -0.05) is 6.08 Å². The third-order valence-corrected chi connectivity index (χ3v) is 1.74. The average molecular weight is 141 g/mol. The minimum Gasteiger partial charge on any atom is -0.286 e. The zero-order chi connectivity index (χ0) is 7.56. The molecule has 1 saturated heterocycles. The highest BCUT2D eigenvalue weighted by molar-refractivity contribution is 5.79. The lowest BCUT2D eigenvalue weighted by molar-refractivity contribution is -0.159. The SMILES string of the molecule is C=CCC1CCN(O)C1=O. The maximum Gasteiger partial charge on any atom is 0.249 e. The summed E-state index contributed by atoms with van der Waals surface area (Å²) in [4.78, 5) is 10.9. The summed E-state index contributed by atoms with van der Waals surface area (Å²) in [7, 11) is 0. The minimum atomic E-state index is -0.167. The van der Waals surface area contributed by atoms with E-state index in [-0.39, 0.29) is 11.8 Å². The summed E-state index contributed by atoms with van der Waals surface area (Å²) < 4.78 is 0. The van der Waals surface area contributed by atoms with Gasteiger partial charge in [-0.3, -0.25) is 10.0 Å². The molecule has 0 bridgehead atoms. The molecule has 1 unspecified atom stereocenters. The second-order valence-electron chi connectivity index (χ2n) is 2.47. The van der Waals surface area contributed by atoms with Crippen molar-refractivity contribution in [2.45, 2.75) is 12.8 Å². The van der Waals surface area contributed by atoms with Crippen LogP contribution in [0.2, 0.25) is 0 Å². The standard InChI is InChI=1S/C7H11NO2/c1-2-3-6-4-5-8(10)7(6)9/h2,6,10H,1,3-5H2. The maximum atomic E-state index is 10.9. The van der Waals surface area contributed by atoms with Crippen LogP contribution in [0.1, 0.15) is 12.8 Å². The molecule has 1 N–H and O–H groups in total. The van der Waals surface area contributed by atoms with Gasteiger partial charge < -0.3 is 0 Å². The number of carbonyl (C=O) groups is 1. The molecule has 0 aliphatic carbocycles. The average Bonchev–Trinajstić information content (AvgIpc) is 2.20. The van der Waals surface area contributed by atoms with Gasteiger partial charge in [0.15, 0.2) is 0 Å². The summed E-state index contributed by atoms with van der Waals surface area (Å²) in [5, 5.41) is 9.63. The van der Waals surface area contributed by atoms with Gasteiger partial charge >= 0.3 is 0 Å². The van der Waals surface area contributed by atoms with Crippen molar-refractivity contribution in [3.05, 3.63) is 12.7 Å². The lowest BCUT2D eigenvalue weighted by atomic mass is 10.1. The number of hydroxylamine groups is 2. The van der Waals surface area contributed by atoms with Crippen molar-refractivity contribution >= 4 is 5.91 Å². The number of amides is 1. The maximum absolute atomic E-state index is 10.9. The van der Waals surface area contributed by atoms with Gasteiger partial charge in [-0.05, 0) is 12.8 Å². The number of nitrogens with zero attached hydrogens (tertiary/aromatic N) is 1. The molecule has 1 aliphatic rings. The van der Waals surface area contributed by atoms with Gasteiger partial charge in [0, 0.05) is 12.5 Å². The van der Waals surface area contributed by atoms with Crippen molar-refractivity contribution in [2.75, 3.05) is 6.54 Å². The van der Waals surface area contributed by atoms with Crippen molar-refractivity contribution in [1.82, 2.24) is 5.06 Å². The van der Waals surface area contributed by atoms with Gasteiger partial charge in [0.05, 0.1) is 0 Å². The van der Waals surface area contributed by atoms with Crippen molar-refractivity contribution in [2.24, 2.45) is 5.92 Å². The molecule has 0 spiro atoms. The smallest absolute Gasteiger partial charge is 0.249 e. The Kier molecular flexibility index (Phi) is 2.06. The van der Waals surface area contributed by atoms with Gasteiger partial charge in [-0.25, -0.2) is 5.06 Å². The van der Waals surface area contributed by atoms with E-state index in [0.29, 0.717) is 13.0 Å². The van der Waals surface area contributed by atoms with Crippen molar-refractivity contribution in [1.29, 1.82) is 0 Å². The molecule has 1 aliphatic heterocycles. The Bertz CT molecular complexity index is 156. The second kappa shape index (κ2) is 2.84. The first kappa shape index (κ1) is 7.28. The van der Waals surface area contributed by atoms with Crippen LogP contribution >= 0.6 is 0 Å². The zero-order valence-electron chi connectivity index (χ0n) is 5.79. The Morgan fingerprint density at radius 2 is 2.60 bits per heavy atom. The predicted octanol–water partition coefficient (Wildman–Crippen LogP) is 0.800. The first-order valence-electron chi connectivity index (χ1n) is 3.37. The Hall–Kier alpha value is -0.830. The number of rotatable bonds is 2. The Balaban J connectivity index is 2.48. The summed E-state index contributed by atoms with van der Waals surface area (Å²) in [6.45, 7) is 4.00. The normalized spacial score (nSPS) is 25.5. The number of hydrogen-bond donors (Lipinski definition) is 1. The molecule has 0 saturated carbocycles. The fraction of sp³-hybridized carbons (Fsp3) is 0.571. The first-order valence-corrected chi connectivity index (χ1v) is 3.37. The first-order chi connectivity index (χ1) is 4.75. The monoisotopic (exact) mass is 141 g/mol. The number of hydrogen-bond acceptors (Lipinski definition) is 2. The lowest BCUT2D eigenvalue weighted by Gasteiger charge is -2.05. The van der Waals surface area contributed by atoms with Gasteiger partial charge in [-0.15, -0.1) is 6.58 Å². The molecule has 0 aromatic heterocycles. The van der Waals surface area contributed by atoms with E-state index in [1.165, 1.54) is 0 Å². The van der Waals surface area contributed by atoms with Crippen molar-refractivity contribution < 1.29 is 10.0 Å². The fourth-order valence-corrected chi connectivity index (χ4v) is 1.14. The van der Waals surface area contributed by atoms with Crippen LogP contribution in [0.15, 0.2) is 12.7 Å². The Morgan fingerprint density at radius 3 is 3.00 bits per heavy atom. The zero-order valence-corrected chi connectivity index (χ0v) is 5.79. The van der Waals surface area contributed by atoms with E-state index in [2.05, 4.69) is 6.58 Å². The van der Waals surface area contributed by atoms with Gasteiger partial charge in [0.1, 0.15) is 0 Å². The molecule has 1 amide bonds. The highest BCUT2D eigenvalue weighted by Crippen LogP contribution is 2.19. The lowest BCUT2D eigenvalue weighted by Crippen LogP contribution is -2.22. The van der Waals surface area contributed by atoms with Crippen molar-refractivity contribution in [3.63, 3.8) is 0 Å². The van der Waals surface area contributed by atoms with Gasteiger partial charge in [0.25, 0.3) is 0 Å². The quantitative estimate of drug-likeness (QED) is 0.456. The van der Waals surface area contributed by atoms with E-state index in [9.17, 15) is 4.79 Å². The molecule has 56 valence electrons. The van der Waals surface area contributed by atoms with E-state index in [4.69, 9.17) is 5.21 Å². The largest absolute Gasteiger partial charge is 0.286 e. The van der Waals surface area contributed by atoms with Crippen LogP contribution < -0.4 is 0 Å². The molecule has 0 aromatic rings. The molecule has 1 fully saturated rings. The molecular weight excluding hydrogens is 130 g/mol. The fourth-order valence-electron chi connectivity index (χ4n) is 1.14. The second-order valence-corrected chi connectivity index (χ2v) is 2.47. The number of carbonyl (C=O) groups excluding carboxylic acids is 1. The summed E-state index contributed by atoms with van der Waals surface area (Å²) >= 11 is 0. The Labute approximate surface area is 59.9 Å². The van der Waals surface area contributed by atoms with E-state index >= 15 is 0 Å². The summed E-state index contributed by atoms with van der Waals surface area (Å²) in [6, 6.07) is 0. The van der Waals surface area contributed by atoms with Gasteiger partial charge in [-0.2, -0.15) is 0 Å². The molecule has 0 aromatic carbocycles. The van der Waals surface area contributed by atoms with Crippen LogP contribution in [0.3, 0.4) is 0 Å². The highest BCUT2D eigenvalue weighted by Gasteiger charge is 2.29. The minimum absolute atomic E-state index is 0.0255. The molecule has 1 heterocycles.